The Morgan fingerprint density at radius 2 is 2.00 bits per heavy atom. The number of nitrogens with zero attached hydrogens (tertiary/aromatic N) is 1. The Labute approximate surface area is 135 Å². The van der Waals surface area contributed by atoms with Crippen LogP contribution in [0.2, 0.25) is 0 Å². The van der Waals surface area contributed by atoms with Crippen molar-refractivity contribution in [2.45, 2.75) is 50.4 Å². The molecule has 2 heterocycles. The Morgan fingerprint density at radius 3 is 2.64 bits per heavy atom. The maximum atomic E-state index is 13.0. The van der Waals surface area contributed by atoms with Gasteiger partial charge in [-0.2, -0.15) is 15.6 Å². The van der Waals surface area contributed by atoms with Crippen molar-refractivity contribution < 1.29 is 12.8 Å². The molecular weight excluding hydrogens is 318 g/mol. The SMILES string of the molecule is O=S(=O)(C1CCCCC1)N(Cc1ccsc1)Cc1ccco1. The summed E-state index contributed by atoms with van der Waals surface area (Å²) >= 11 is 1.59. The van der Waals surface area contributed by atoms with Gasteiger partial charge in [0.15, 0.2) is 0 Å². The first-order chi connectivity index (χ1) is 10.7. The number of rotatable bonds is 6. The van der Waals surface area contributed by atoms with Gasteiger partial charge in [-0.3, -0.25) is 0 Å². The van der Waals surface area contributed by atoms with Gasteiger partial charge in [-0.05, 0) is 47.4 Å². The molecule has 0 unspecified atom stereocenters. The van der Waals surface area contributed by atoms with Crippen molar-refractivity contribution in [1.29, 1.82) is 0 Å². The van der Waals surface area contributed by atoms with Gasteiger partial charge in [0, 0.05) is 6.54 Å². The van der Waals surface area contributed by atoms with Gasteiger partial charge in [0.05, 0.1) is 18.1 Å². The number of hydrogen-bond acceptors (Lipinski definition) is 4. The molecule has 0 N–H and O–H groups in total. The maximum absolute atomic E-state index is 13.0. The van der Waals surface area contributed by atoms with Crippen LogP contribution in [0.1, 0.15) is 43.4 Å². The molecule has 2 aromatic rings. The van der Waals surface area contributed by atoms with Crippen molar-refractivity contribution in [2.75, 3.05) is 0 Å². The van der Waals surface area contributed by atoms with Gasteiger partial charge in [0.1, 0.15) is 5.76 Å². The minimum atomic E-state index is -3.30. The molecule has 0 bridgehead atoms. The average molecular weight is 339 g/mol. The molecule has 0 aliphatic heterocycles. The van der Waals surface area contributed by atoms with Crippen LogP contribution < -0.4 is 0 Å². The van der Waals surface area contributed by atoms with E-state index in [1.54, 1.807) is 28.0 Å². The van der Waals surface area contributed by atoms with Gasteiger partial charge in [0.2, 0.25) is 10.0 Å². The summed E-state index contributed by atoms with van der Waals surface area (Å²) in [5.41, 5.74) is 1.04. The highest BCUT2D eigenvalue weighted by molar-refractivity contribution is 7.89. The quantitative estimate of drug-likeness (QED) is 0.799. The Hall–Kier alpha value is -1.11. The van der Waals surface area contributed by atoms with Crippen molar-refractivity contribution >= 4 is 21.4 Å². The summed E-state index contributed by atoms with van der Waals surface area (Å²) in [6.07, 6.45) is 6.31. The van der Waals surface area contributed by atoms with Crippen LogP contribution >= 0.6 is 11.3 Å². The van der Waals surface area contributed by atoms with E-state index in [2.05, 4.69) is 0 Å². The van der Waals surface area contributed by atoms with Crippen LogP contribution in [0.5, 0.6) is 0 Å². The molecule has 1 fully saturated rings. The third kappa shape index (κ3) is 3.62. The lowest BCUT2D eigenvalue weighted by atomic mass is 10.0. The molecule has 3 rings (SSSR count). The van der Waals surface area contributed by atoms with Gasteiger partial charge in [0.25, 0.3) is 0 Å². The van der Waals surface area contributed by atoms with Crippen LogP contribution in [0, 0.1) is 0 Å². The molecule has 0 radical (unpaired) electrons. The van der Waals surface area contributed by atoms with Gasteiger partial charge in [-0.1, -0.05) is 19.3 Å². The second-order valence-electron chi connectivity index (χ2n) is 5.78. The molecule has 1 saturated carbocycles. The van der Waals surface area contributed by atoms with E-state index in [1.165, 1.54) is 0 Å². The molecule has 0 saturated heterocycles. The third-order valence-electron chi connectivity index (χ3n) is 4.18. The van der Waals surface area contributed by atoms with Crippen LogP contribution in [0.15, 0.2) is 39.6 Å². The second kappa shape index (κ2) is 6.98. The smallest absolute Gasteiger partial charge is 0.217 e. The van der Waals surface area contributed by atoms with Crippen molar-refractivity contribution in [3.05, 3.63) is 46.5 Å². The number of furan rings is 1. The van der Waals surface area contributed by atoms with Crippen molar-refractivity contribution in [3.63, 3.8) is 0 Å². The van der Waals surface area contributed by atoms with E-state index in [9.17, 15) is 8.42 Å². The fraction of sp³-hybridized carbons (Fsp3) is 0.500. The summed E-state index contributed by atoms with van der Waals surface area (Å²) in [7, 11) is -3.30. The molecule has 22 heavy (non-hydrogen) atoms. The zero-order valence-corrected chi connectivity index (χ0v) is 14.1. The van der Waals surface area contributed by atoms with Crippen LogP contribution in [-0.4, -0.2) is 18.0 Å². The molecule has 1 aliphatic rings. The Morgan fingerprint density at radius 1 is 1.18 bits per heavy atom. The first-order valence-electron chi connectivity index (χ1n) is 7.68. The molecule has 0 aromatic carbocycles. The summed E-state index contributed by atoms with van der Waals surface area (Å²) in [5.74, 6) is 0.689. The number of sulfonamides is 1. The van der Waals surface area contributed by atoms with Crippen molar-refractivity contribution in [1.82, 2.24) is 4.31 Å². The Balaban J connectivity index is 1.82. The first-order valence-corrected chi connectivity index (χ1v) is 10.1. The van der Waals surface area contributed by atoms with E-state index in [-0.39, 0.29) is 5.25 Å². The van der Waals surface area contributed by atoms with Gasteiger partial charge >= 0.3 is 0 Å². The van der Waals surface area contributed by atoms with E-state index in [1.807, 2.05) is 22.9 Å². The minimum absolute atomic E-state index is 0.241. The van der Waals surface area contributed by atoms with Crippen LogP contribution in [0.4, 0.5) is 0 Å². The van der Waals surface area contributed by atoms with E-state index in [0.29, 0.717) is 18.8 Å². The zero-order valence-electron chi connectivity index (χ0n) is 12.5. The average Bonchev–Trinajstić information content (AvgIpc) is 3.21. The highest BCUT2D eigenvalue weighted by atomic mass is 32.2. The summed E-state index contributed by atoms with van der Waals surface area (Å²) < 4.78 is 33.0. The predicted octanol–water partition coefficient (Wildman–Crippen LogP) is 4.01. The largest absolute Gasteiger partial charge is 0.468 e. The summed E-state index contributed by atoms with van der Waals surface area (Å²) in [5, 5.41) is 3.74. The lowest BCUT2D eigenvalue weighted by molar-refractivity contribution is 0.346. The van der Waals surface area contributed by atoms with Crippen LogP contribution in [-0.2, 0) is 23.1 Å². The fourth-order valence-corrected chi connectivity index (χ4v) is 5.62. The molecule has 120 valence electrons. The topological polar surface area (TPSA) is 50.5 Å². The highest BCUT2D eigenvalue weighted by Crippen LogP contribution is 2.28. The van der Waals surface area contributed by atoms with Crippen LogP contribution in [0.3, 0.4) is 0 Å². The molecule has 0 atom stereocenters. The standard InChI is InChI=1S/C16H21NO3S2/c18-22(19,16-6-2-1-3-7-16)17(11-14-8-10-21-13-14)12-15-5-4-9-20-15/h4-5,8-10,13,16H,1-3,6-7,11-12H2. The molecule has 6 heteroatoms. The molecular formula is C16H21NO3S2. The molecule has 0 spiro atoms. The second-order valence-corrected chi connectivity index (χ2v) is 8.78. The van der Waals surface area contributed by atoms with E-state index >= 15 is 0 Å². The van der Waals surface area contributed by atoms with Gasteiger partial charge in [-0.25, -0.2) is 8.42 Å². The maximum Gasteiger partial charge on any atom is 0.217 e. The van der Waals surface area contributed by atoms with Crippen molar-refractivity contribution in [2.24, 2.45) is 0 Å². The Bertz CT molecular complexity index is 620. The summed E-state index contributed by atoms with van der Waals surface area (Å²) in [6.45, 7) is 0.727. The van der Waals surface area contributed by atoms with Gasteiger partial charge in [-0.15, -0.1) is 0 Å². The number of thiophene rings is 1. The van der Waals surface area contributed by atoms with E-state index in [0.717, 1.165) is 37.7 Å². The molecule has 0 amide bonds. The summed E-state index contributed by atoms with van der Waals surface area (Å²) in [6, 6.07) is 5.61. The lowest BCUT2D eigenvalue weighted by Gasteiger charge is -2.29. The molecule has 4 nitrogen and oxygen atoms in total. The predicted molar refractivity (Wildman–Crippen MR) is 88.1 cm³/mol. The Kier molecular flexibility index (Phi) is 5.00. The van der Waals surface area contributed by atoms with Crippen LogP contribution in [0.25, 0.3) is 0 Å². The highest BCUT2D eigenvalue weighted by Gasteiger charge is 2.33. The normalized spacial score (nSPS) is 17.1. The first kappa shape index (κ1) is 15.8. The molecule has 2 aromatic heterocycles. The summed E-state index contributed by atoms with van der Waals surface area (Å²) in [4.78, 5) is 0. The van der Waals surface area contributed by atoms with E-state index < -0.39 is 10.0 Å². The minimum Gasteiger partial charge on any atom is -0.468 e. The third-order valence-corrected chi connectivity index (χ3v) is 7.21. The number of hydrogen-bond donors (Lipinski definition) is 0. The van der Waals surface area contributed by atoms with Gasteiger partial charge < -0.3 is 4.42 Å². The van der Waals surface area contributed by atoms with Crippen molar-refractivity contribution in [3.8, 4) is 0 Å². The monoisotopic (exact) mass is 339 g/mol. The van der Waals surface area contributed by atoms with E-state index in [4.69, 9.17) is 4.42 Å². The fourth-order valence-electron chi connectivity index (χ4n) is 2.97. The molecule has 1 aliphatic carbocycles. The zero-order chi connectivity index (χ0) is 15.4. The lowest BCUT2D eigenvalue weighted by Crippen LogP contribution is -2.38.